The van der Waals surface area contributed by atoms with Crippen molar-refractivity contribution in [1.82, 2.24) is 4.98 Å². The molecular formula is C14H22N2O4S. The van der Waals surface area contributed by atoms with E-state index in [2.05, 4.69) is 27.6 Å². The normalized spacial score (nSPS) is 10.1. The van der Waals surface area contributed by atoms with Gasteiger partial charge in [-0.2, -0.15) is 8.42 Å². The molecule has 0 aliphatic rings. The summed E-state index contributed by atoms with van der Waals surface area (Å²) in [5, 5.41) is 1.20. The van der Waals surface area contributed by atoms with E-state index in [-0.39, 0.29) is 5.75 Å². The number of fused-ring (bicyclic) bond motifs is 1. The van der Waals surface area contributed by atoms with Crippen LogP contribution in [0.3, 0.4) is 0 Å². The number of ether oxygens (including phenoxy) is 1. The standard InChI is InChI=1S/C9H7N.C4H10O4S.CH5N/c1-2-6-9-8(4-1)5-3-7-10-9;1-8-3-2-4-9(5,6)7;1-2/h1-7H;2-4H2,1H3,(H,5,6,7);2H2,1H3. The van der Waals surface area contributed by atoms with E-state index in [1.54, 1.807) is 0 Å². The molecule has 1 heterocycles. The van der Waals surface area contributed by atoms with Gasteiger partial charge in [0.1, 0.15) is 0 Å². The van der Waals surface area contributed by atoms with Crippen molar-refractivity contribution in [3.63, 3.8) is 0 Å². The van der Waals surface area contributed by atoms with Crippen LogP contribution in [0.5, 0.6) is 0 Å². The molecule has 0 spiro atoms. The molecule has 0 fully saturated rings. The quantitative estimate of drug-likeness (QED) is 0.658. The third kappa shape index (κ3) is 9.91. The van der Waals surface area contributed by atoms with E-state index >= 15 is 0 Å². The minimum absolute atomic E-state index is 0.221. The lowest BCUT2D eigenvalue weighted by Gasteiger charge is -1.94. The predicted molar refractivity (Wildman–Crippen MR) is 84.8 cm³/mol. The van der Waals surface area contributed by atoms with Gasteiger partial charge in [-0.1, -0.05) is 24.3 Å². The van der Waals surface area contributed by atoms with Gasteiger partial charge in [0, 0.05) is 25.3 Å². The van der Waals surface area contributed by atoms with Gasteiger partial charge in [0.15, 0.2) is 0 Å². The third-order valence-electron chi connectivity index (χ3n) is 2.26. The maximum Gasteiger partial charge on any atom is 0.264 e. The van der Waals surface area contributed by atoms with E-state index < -0.39 is 10.1 Å². The second-order valence-electron chi connectivity index (χ2n) is 3.83. The molecule has 0 atom stereocenters. The summed E-state index contributed by atoms with van der Waals surface area (Å²) in [5.74, 6) is -0.221. The average molecular weight is 314 g/mol. The van der Waals surface area contributed by atoms with Crippen LogP contribution < -0.4 is 5.73 Å². The van der Waals surface area contributed by atoms with Crippen LogP contribution in [-0.4, -0.2) is 44.5 Å². The number of nitrogens with two attached hydrogens (primary N) is 1. The predicted octanol–water partition coefficient (Wildman–Crippen LogP) is 1.72. The van der Waals surface area contributed by atoms with Crippen molar-refractivity contribution in [2.45, 2.75) is 6.42 Å². The summed E-state index contributed by atoms with van der Waals surface area (Å²) in [7, 11) is -0.800. The first kappa shape index (κ1) is 19.5. The number of rotatable bonds is 4. The van der Waals surface area contributed by atoms with Crippen molar-refractivity contribution < 1.29 is 17.7 Å². The molecule has 0 unspecified atom stereocenters. The summed E-state index contributed by atoms with van der Waals surface area (Å²) in [6.45, 7) is 0.361. The van der Waals surface area contributed by atoms with Gasteiger partial charge in [-0.05, 0) is 25.6 Å². The molecule has 21 heavy (non-hydrogen) atoms. The van der Waals surface area contributed by atoms with Gasteiger partial charge in [0.25, 0.3) is 10.1 Å². The van der Waals surface area contributed by atoms with Crippen LogP contribution in [0.1, 0.15) is 6.42 Å². The van der Waals surface area contributed by atoms with Gasteiger partial charge >= 0.3 is 0 Å². The van der Waals surface area contributed by atoms with Crippen molar-refractivity contribution in [1.29, 1.82) is 0 Å². The smallest absolute Gasteiger partial charge is 0.264 e. The number of aromatic nitrogens is 1. The summed E-state index contributed by atoms with van der Waals surface area (Å²) >= 11 is 0. The molecule has 0 saturated carbocycles. The molecule has 2 rings (SSSR count). The Morgan fingerprint density at radius 1 is 1.19 bits per heavy atom. The van der Waals surface area contributed by atoms with Gasteiger partial charge < -0.3 is 10.5 Å². The van der Waals surface area contributed by atoms with Gasteiger partial charge in [0.05, 0.1) is 11.3 Å². The summed E-state index contributed by atoms with van der Waals surface area (Å²) < 4.78 is 32.7. The Labute approximate surface area is 125 Å². The van der Waals surface area contributed by atoms with Crippen LogP contribution in [0, 0.1) is 0 Å². The second kappa shape index (κ2) is 11.2. The Kier molecular flexibility index (Phi) is 10.3. The van der Waals surface area contributed by atoms with Crippen LogP contribution in [0.15, 0.2) is 42.6 Å². The first-order chi connectivity index (χ1) is 10.0. The molecule has 0 aliphatic heterocycles. The van der Waals surface area contributed by atoms with Crippen molar-refractivity contribution in [2.24, 2.45) is 5.73 Å². The van der Waals surface area contributed by atoms with Crippen LogP contribution in [0.4, 0.5) is 0 Å². The molecule has 1 aromatic heterocycles. The molecule has 2 aromatic rings. The zero-order chi connectivity index (χ0) is 16.1. The average Bonchev–Trinajstić information content (AvgIpc) is 2.49. The van der Waals surface area contributed by atoms with Crippen LogP contribution in [0.25, 0.3) is 10.9 Å². The lowest BCUT2D eigenvalue weighted by Crippen LogP contribution is -2.05. The van der Waals surface area contributed by atoms with Crippen molar-refractivity contribution in [3.05, 3.63) is 42.6 Å². The number of methoxy groups -OCH3 is 1. The lowest BCUT2D eigenvalue weighted by molar-refractivity contribution is 0.199. The molecule has 0 saturated heterocycles. The number of nitrogens with zero attached hydrogens (tertiary/aromatic N) is 1. The van der Waals surface area contributed by atoms with Crippen LogP contribution in [0.2, 0.25) is 0 Å². The Hall–Kier alpha value is -1.54. The molecule has 0 bridgehead atoms. The highest BCUT2D eigenvalue weighted by Gasteiger charge is 2.01. The van der Waals surface area contributed by atoms with Crippen molar-refractivity contribution in [3.8, 4) is 0 Å². The van der Waals surface area contributed by atoms with Gasteiger partial charge in [-0.3, -0.25) is 9.54 Å². The van der Waals surface area contributed by atoms with Gasteiger partial charge in [0.2, 0.25) is 0 Å². The molecule has 0 radical (unpaired) electrons. The minimum Gasteiger partial charge on any atom is -0.385 e. The molecule has 1 aromatic carbocycles. The topological polar surface area (TPSA) is 103 Å². The maximum absolute atomic E-state index is 10.0. The van der Waals surface area contributed by atoms with E-state index in [0.717, 1.165) is 5.52 Å². The molecule has 0 aliphatic carbocycles. The summed E-state index contributed by atoms with van der Waals surface area (Å²) in [6, 6.07) is 12.1. The van der Waals surface area contributed by atoms with Crippen molar-refractivity contribution in [2.75, 3.05) is 26.5 Å². The molecule has 3 N–H and O–H groups in total. The number of hydrogen-bond donors (Lipinski definition) is 2. The Morgan fingerprint density at radius 3 is 2.38 bits per heavy atom. The number of hydrogen-bond acceptors (Lipinski definition) is 5. The van der Waals surface area contributed by atoms with Crippen LogP contribution >= 0.6 is 0 Å². The van der Waals surface area contributed by atoms with E-state index in [4.69, 9.17) is 4.55 Å². The Balaban J connectivity index is 0.000000344. The number of benzene rings is 1. The highest BCUT2D eigenvalue weighted by atomic mass is 32.2. The first-order valence-corrected chi connectivity index (χ1v) is 7.95. The monoisotopic (exact) mass is 314 g/mol. The fraction of sp³-hybridized carbons (Fsp3) is 0.357. The van der Waals surface area contributed by atoms with Gasteiger partial charge in [-0.15, -0.1) is 0 Å². The lowest BCUT2D eigenvalue weighted by atomic mass is 10.2. The van der Waals surface area contributed by atoms with E-state index in [9.17, 15) is 8.42 Å². The number of para-hydroxylation sites is 1. The Bertz CT molecular complexity index is 537. The van der Waals surface area contributed by atoms with E-state index in [1.807, 2.05) is 30.5 Å². The minimum atomic E-state index is -3.78. The zero-order valence-electron chi connectivity index (χ0n) is 12.3. The fourth-order valence-corrected chi connectivity index (χ4v) is 1.88. The highest BCUT2D eigenvalue weighted by molar-refractivity contribution is 7.85. The first-order valence-electron chi connectivity index (χ1n) is 6.34. The SMILES string of the molecule is CN.COCCCS(=O)(=O)O.c1ccc2ncccc2c1. The Morgan fingerprint density at radius 2 is 1.81 bits per heavy atom. The molecule has 0 amide bonds. The van der Waals surface area contributed by atoms with E-state index in [1.165, 1.54) is 19.5 Å². The van der Waals surface area contributed by atoms with Gasteiger partial charge in [-0.25, -0.2) is 0 Å². The number of pyridine rings is 1. The molecule has 118 valence electrons. The summed E-state index contributed by atoms with van der Waals surface area (Å²) in [6.07, 6.45) is 2.15. The van der Waals surface area contributed by atoms with Crippen molar-refractivity contribution >= 4 is 21.0 Å². The highest BCUT2D eigenvalue weighted by Crippen LogP contribution is 2.07. The molecule has 7 heteroatoms. The largest absolute Gasteiger partial charge is 0.385 e. The maximum atomic E-state index is 10.0. The van der Waals surface area contributed by atoms with Crippen LogP contribution in [-0.2, 0) is 14.9 Å². The fourth-order valence-electron chi connectivity index (χ4n) is 1.40. The third-order valence-corrected chi connectivity index (χ3v) is 3.07. The summed E-state index contributed by atoms with van der Waals surface area (Å²) in [4.78, 5) is 4.18. The summed E-state index contributed by atoms with van der Waals surface area (Å²) in [5.41, 5.74) is 5.56. The van der Waals surface area contributed by atoms with E-state index in [0.29, 0.717) is 13.0 Å². The second-order valence-corrected chi connectivity index (χ2v) is 5.40. The molecular weight excluding hydrogens is 292 g/mol. The zero-order valence-corrected chi connectivity index (χ0v) is 13.1. The molecule has 6 nitrogen and oxygen atoms in total.